The van der Waals surface area contributed by atoms with Crippen molar-refractivity contribution in [1.82, 2.24) is 10.2 Å². The minimum absolute atomic E-state index is 0.0399. The second-order valence-electron chi connectivity index (χ2n) is 9.99. The molecule has 0 fully saturated rings. The number of aryl methyl sites for hydroxylation is 1. The van der Waals surface area contributed by atoms with E-state index in [1.807, 2.05) is 37.3 Å². The van der Waals surface area contributed by atoms with Gasteiger partial charge >= 0.3 is 0 Å². The highest BCUT2D eigenvalue weighted by Gasteiger charge is 2.34. The predicted octanol–water partition coefficient (Wildman–Crippen LogP) is 5.24. The summed E-state index contributed by atoms with van der Waals surface area (Å²) in [5.41, 5.74) is 2.76. The summed E-state index contributed by atoms with van der Waals surface area (Å²) in [4.78, 5) is 29.1. The summed E-state index contributed by atoms with van der Waals surface area (Å²) in [6.07, 6.45) is 0.229. The molecular formula is C33H34ClN3O5S. The highest BCUT2D eigenvalue weighted by atomic mass is 35.5. The molecule has 1 unspecified atom stereocenters. The average molecular weight is 620 g/mol. The van der Waals surface area contributed by atoms with Crippen molar-refractivity contribution in [3.8, 4) is 5.75 Å². The molecule has 4 rings (SSSR count). The third-order valence-electron chi connectivity index (χ3n) is 7.03. The summed E-state index contributed by atoms with van der Waals surface area (Å²) < 4.78 is 34.4. The first-order valence-corrected chi connectivity index (χ1v) is 15.5. The van der Waals surface area contributed by atoms with Gasteiger partial charge in [0, 0.05) is 25.0 Å². The van der Waals surface area contributed by atoms with Crippen LogP contribution < -0.4 is 14.4 Å². The molecule has 0 spiro atoms. The van der Waals surface area contributed by atoms with Gasteiger partial charge in [0.25, 0.3) is 10.0 Å². The summed E-state index contributed by atoms with van der Waals surface area (Å²) in [5.74, 6) is -0.385. The van der Waals surface area contributed by atoms with Crippen LogP contribution in [0, 0.1) is 6.92 Å². The van der Waals surface area contributed by atoms with Crippen molar-refractivity contribution in [3.05, 3.63) is 125 Å². The third-order valence-corrected chi connectivity index (χ3v) is 9.07. The van der Waals surface area contributed by atoms with Gasteiger partial charge in [-0.15, -0.1) is 0 Å². The Morgan fingerprint density at radius 2 is 1.49 bits per heavy atom. The Labute approximate surface area is 257 Å². The summed E-state index contributed by atoms with van der Waals surface area (Å²) >= 11 is 6.10. The quantitative estimate of drug-likeness (QED) is 0.234. The fraction of sp³-hybridized carbons (Fsp3) is 0.212. The zero-order valence-corrected chi connectivity index (χ0v) is 25.8. The maximum absolute atomic E-state index is 14.3. The second kappa shape index (κ2) is 14.2. The van der Waals surface area contributed by atoms with E-state index in [4.69, 9.17) is 16.3 Å². The zero-order chi connectivity index (χ0) is 31.0. The molecule has 0 aliphatic carbocycles. The van der Waals surface area contributed by atoms with Gasteiger partial charge in [-0.1, -0.05) is 71.8 Å². The van der Waals surface area contributed by atoms with Gasteiger partial charge in [-0.05, 0) is 66.6 Å². The number of ether oxygens (including phenoxy) is 1. The Kier molecular flexibility index (Phi) is 10.4. The summed E-state index contributed by atoms with van der Waals surface area (Å²) in [6, 6.07) is 28.3. The summed E-state index contributed by atoms with van der Waals surface area (Å²) in [7, 11) is -1.16. The Bertz CT molecular complexity index is 1630. The van der Waals surface area contributed by atoms with Crippen LogP contribution in [0.25, 0.3) is 0 Å². The van der Waals surface area contributed by atoms with Crippen molar-refractivity contribution in [2.24, 2.45) is 0 Å². The smallest absolute Gasteiger partial charge is 0.264 e. The fourth-order valence-electron chi connectivity index (χ4n) is 4.62. The molecule has 2 amide bonds. The number of rotatable bonds is 12. The van der Waals surface area contributed by atoms with Crippen LogP contribution in [0.1, 0.15) is 16.7 Å². The number of halogens is 1. The van der Waals surface area contributed by atoms with Crippen LogP contribution in [0.3, 0.4) is 0 Å². The third kappa shape index (κ3) is 7.94. The molecule has 224 valence electrons. The number of carbonyl (C=O) groups is 2. The molecule has 0 aliphatic heterocycles. The molecular weight excluding hydrogens is 586 g/mol. The number of benzene rings is 4. The summed E-state index contributed by atoms with van der Waals surface area (Å²) in [6.45, 7) is 1.38. The van der Waals surface area contributed by atoms with Crippen LogP contribution in [-0.4, -0.2) is 51.9 Å². The number of sulfonamides is 1. The van der Waals surface area contributed by atoms with Gasteiger partial charge in [-0.25, -0.2) is 8.42 Å². The molecule has 43 heavy (non-hydrogen) atoms. The second-order valence-corrected chi connectivity index (χ2v) is 12.3. The van der Waals surface area contributed by atoms with Gasteiger partial charge in [0.05, 0.1) is 17.7 Å². The fourth-order valence-corrected chi connectivity index (χ4v) is 6.16. The lowest BCUT2D eigenvalue weighted by atomic mass is 10.0. The van der Waals surface area contributed by atoms with Crippen molar-refractivity contribution >= 4 is 39.1 Å². The number of amides is 2. The molecule has 0 saturated carbocycles. The van der Waals surface area contributed by atoms with Crippen LogP contribution in [0.4, 0.5) is 5.69 Å². The number of likely N-dealkylation sites (N-methyl/N-ethyl adjacent to an activating group) is 1. The van der Waals surface area contributed by atoms with Gasteiger partial charge < -0.3 is 15.0 Å². The first-order chi connectivity index (χ1) is 20.6. The van der Waals surface area contributed by atoms with Crippen LogP contribution in [0.2, 0.25) is 5.02 Å². The van der Waals surface area contributed by atoms with Crippen molar-refractivity contribution in [3.63, 3.8) is 0 Å². The first kappa shape index (κ1) is 31.6. The van der Waals surface area contributed by atoms with Gasteiger partial charge in [0.15, 0.2) is 0 Å². The minimum Gasteiger partial charge on any atom is -0.497 e. The number of hydrogen-bond acceptors (Lipinski definition) is 5. The van der Waals surface area contributed by atoms with E-state index in [1.54, 1.807) is 60.7 Å². The van der Waals surface area contributed by atoms with Crippen molar-refractivity contribution in [2.45, 2.75) is 30.8 Å². The Hall–Kier alpha value is -4.34. The Morgan fingerprint density at radius 3 is 2.07 bits per heavy atom. The number of methoxy groups -OCH3 is 1. The number of anilines is 1. The molecule has 8 nitrogen and oxygen atoms in total. The predicted molar refractivity (Wildman–Crippen MR) is 169 cm³/mol. The van der Waals surface area contributed by atoms with E-state index < -0.39 is 28.5 Å². The lowest BCUT2D eigenvalue weighted by molar-refractivity contribution is -0.139. The highest BCUT2D eigenvalue weighted by Crippen LogP contribution is 2.27. The Balaban J connectivity index is 1.78. The Morgan fingerprint density at radius 1 is 0.860 bits per heavy atom. The van der Waals surface area contributed by atoms with Crippen LogP contribution >= 0.6 is 11.6 Å². The SMILES string of the molecule is CNC(=O)C(Cc1ccccc1)N(Cc1ccc(Cl)cc1)C(=O)CN(c1ccc(OC)cc1)S(=O)(=O)c1ccc(C)cc1. The van der Waals surface area contributed by atoms with Gasteiger partial charge in [-0.3, -0.25) is 13.9 Å². The molecule has 1 N–H and O–H groups in total. The maximum atomic E-state index is 14.3. The number of nitrogens with one attached hydrogen (secondary N) is 1. The first-order valence-electron chi connectivity index (χ1n) is 13.6. The molecule has 0 radical (unpaired) electrons. The molecule has 4 aromatic rings. The van der Waals surface area contributed by atoms with Crippen molar-refractivity contribution < 1.29 is 22.7 Å². The molecule has 1 atom stereocenters. The van der Waals surface area contributed by atoms with E-state index in [1.165, 1.54) is 31.2 Å². The number of carbonyl (C=O) groups excluding carboxylic acids is 2. The summed E-state index contributed by atoms with van der Waals surface area (Å²) in [5, 5.41) is 3.21. The van der Waals surface area contributed by atoms with Crippen LogP contribution in [0.15, 0.2) is 108 Å². The molecule has 0 aromatic heterocycles. The van der Waals surface area contributed by atoms with Crippen molar-refractivity contribution in [1.29, 1.82) is 0 Å². The van der Waals surface area contributed by atoms with Crippen molar-refractivity contribution in [2.75, 3.05) is 25.0 Å². The average Bonchev–Trinajstić information content (AvgIpc) is 3.02. The standard InChI is InChI=1S/C33H34ClN3O5S/c1-24-9-19-30(20-10-24)43(40,41)37(28-15-17-29(42-3)18-16-28)23-32(38)36(22-26-11-13-27(34)14-12-26)31(33(39)35-2)21-25-7-5-4-6-8-25/h4-20,31H,21-23H2,1-3H3,(H,35,39). The minimum atomic E-state index is -4.18. The van der Waals surface area contributed by atoms with Crippen LogP contribution in [-0.2, 0) is 32.6 Å². The lowest BCUT2D eigenvalue weighted by Crippen LogP contribution is -2.53. The topological polar surface area (TPSA) is 96.0 Å². The molecule has 4 aromatic carbocycles. The molecule has 0 saturated heterocycles. The van der Waals surface area contributed by atoms with E-state index in [-0.39, 0.29) is 29.5 Å². The monoisotopic (exact) mass is 619 g/mol. The van der Waals surface area contributed by atoms with Gasteiger partial charge in [-0.2, -0.15) is 0 Å². The number of hydrogen-bond donors (Lipinski definition) is 1. The van der Waals surface area contributed by atoms with Crippen LogP contribution in [0.5, 0.6) is 5.75 Å². The van der Waals surface area contributed by atoms with E-state index in [0.717, 1.165) is 21.0 Å². The highest BCUT2D eigenvalue weighted by molar-refractivity contribution is 7.92. The van der Waals surface area contributed by atoms with E-state index in [9.17, 15) is 18.0 Å². The maximum Gasteiger partial charge on any atom is 0.264 e. The normalized spacial score (nSPS) is 11.8. The molecule has 0 heterocycles. The van der Waals surface area contributed by atoms with E-state index in [2.05, 4.69) is 5.32 Å². The van der Waals surface area contributed by atoms with E-state index >= 15 is 0 Å². The van der Waals surface area contributed by atoms with Gasteiger partial charge in [0.2, 0.25) is 11.8 Å². The molecule has 10 heteroatoms. The van der Waals surface area contributed by atoms with E-state index in [0.29, 0.717) is 10.8 Å². The molecule has 0 aliphatic rings. The zero-order valence-electron chi connectivity index (χ0n) is 24.2. The largest absolute Gasteiger partial charge is 0.497 e. The molecule has 0 bridgehead atoms. The lowest BCUT2D eigenvalue weighted by Gasteiger charge is -2.33. The number of nitrogens with zero attached hydrogens (tertiary/aromatic N) is 2. The van der Waals surface area contributed by atoms with Gasteiger partial charge in [0.1, 0.15) is 18.3 Å².